The third-order valence-corrected chi connectivity index (χ3v) is 2.28. The minimum absolute atomic E-state index is 0.138. The molecule has 0 fully saturated rings. The van der Waals surface area contributed by atoms with Crippen molar-refractivity contribution in [2.45, 2.75) is 73.5 Å². The minimum Gasteiger partial charge on any atom is -0.459 e. The third kappa shape index (κ3) is 9.46. The molecule has 108 valence electrons. The van der Waals surface area contributed by atoms with Crippen LogP contribution in [0.2, 0.25) is 0 Å². The molecule has 0 aromatic rings. The van der Waals surface area contributed by atoms with E-state index in [1.165, 1.54) is 0 Å². The molecule has 0 aromatic heterocycles. The second-order valence-electron chi connectivity index (χ2n) is 7.66. The lowest BCUT2D eigenvalue weighted by Crippen LogP contribution is -2.45. The van der Waals surface area contributed by atoms with Crippen LogP contribution < -0.4 is 5.32 Å². The zero-order valence-corrected chi connectivity index (χ0v) is 13.4. The number of hydrogen-bond donors (Lipinski definition) is 1. The van der Waals surface area contributed by atoms with Crippen LogP contribution >= 0.6 is 0 Å². The zero-order valence-electron chi connectivity index (χ0n) is 13.4. The predicted molar refractivity (Wildman–Crippen MR) is 76.5 cm³/mol. The molecule has 0 aliphatic carbocycles. The summed E-state index contributed by atoms with van der Waals surface area (Å²) in [4.78, 5) is 12.1. The summed E-state index contributed by atoms with van der Waals surface area (Å²) in [5, 5.41) is 3.34. The van der Waals surface area contributed by atoms with Gasteiger partial charge in [0, 0.05) is 6.54 Å². The van der Waals surface area contributed by atoms with Gasteiger partial charge in [0.15, 0.2) is 0 Å². The summed E-state index contributed by atoms with van der Waals surface area (Å²) in [5.74, 6) is 0.329. The Bertz CT molecular complexity index is 259. The SMILES string of the molecule is CC(C)C[C@H](NCC(C)(C)C)C(=O)OC(C)(C)C. The second kappa shape index (κ2) is 6.55. The van der Waals surface area contributed by atoms with Gasteiger partial charge in [0.1, 0.15) is 11.6 Å². The molecule has 0 saturated carbocycles. The molecular formula is C15H31NO2. The van der Waals surface area contributed by atoms with Crippen LogP contribution in [0.15, 0.2) is 0 Å². The van der Waals surface area contributed by atoms with E-state index in [1.807, 2.05) is 20.8 Å². The van der Waals surface area contributed by atoms with Gasteiger partial charge in [-0.15, -0.1) is 0 Å². The first-order valence-corrected chi connectivity index (χ1v) is 6.87. The summed E-state index contributed by atoms with van der Waals surface area (Å²) in [7, 11) is 0. The summed E-state index contributed by atoms with van der Waals surface area (Å²) >= 11 is 0. The maximum atomic E-state index is 12.1. The number of carbonyl (C=O) groups is 1. The molecule has 0 saturated heterocycles. The molecule has 18 heavy (non-hydrogen) atoms. The number of hydrogen-bond acceptors (Lipinski definition) is 3. The molecule has 0 aliphatic rings. The Labute approximate surface area is 113 Å². The quantitative estimate of drug-likeness (QED) is 0.767. The first kappa shape index (κ1) is 17.4. The van der Waals surface area contributed by atoms with E-state index in [0.717, 1.165) is 13.0 Å². The molecule has 3 nitrogen and oxygen atoms in total. The summed E-state index contributed by atoms with van der Waals surface area (Å²) in [6.45, 7) is 17.2. The average Bonchev–Trinajstić information content (AvgIpc) is 2.06. The van der Waals surface area contributed by atoms with Crippen molar-refractivity contribution in [3.8, 4) is 0 Å². The molecule has 0 aliphatic heterocycles. The smallest absolute Gasteiger partial charge is 0.323 e. The van der Waals surface area contributed by atoms with Crippen molar-refractivity contribution in [3.63, 3.8) is 0 Å². The Morgan fingerprint density at radius 3 is 1.94 bits per heavy atom. The molecule has 0 aromatic carbocycles. The van der Waals surface area contributed by atoms with Crippen molar-refractivity contribution in [1.82, 2.24) is 5.32 Å². The Morgan fingerprint density at radius 1 is 1.11 bits per heavy atom. The van der Waals surface area contributed by atoms with Gasteiger partial charge in [0.2, 0.25) is 0 Å². The van der Waals surface area contributed by atoms with E-state index in [2.05, 4.69) is 39.9 Å². The summed E-state index contributed by atoms with van der Waals surface area (Å²) in [6, 6.07) is -0.205. The molecule has 0 radical (unpaired) electrons. The largest absolute Gasteiger partial charge is 0.459 e. The van der Waals surface area contributed by atoms with Crippen LogP contribution in [0.5, 0.6) is 0 Å². The van der Waals surface area contributed by atoms with Crippen LogP contribution in [0, 0.1) is 11.3 Å². The maximum Gasteiger partial charge on any atom is 0.323 e. The summed E-state index contributed by atoms with van der Waals surface area (Å²) in [5.41, 5.74) is -0.257. The minimum atomic E-state index is -0.421. The number of rotatable bonds is 5. The van der Waals surface area contributed by atoms with Gasteiger partial charge in [0.05, 0.1) is 0 Å². The van der Waals surface area contributed by atoms with Crippen LogP contribution in [0.1, 0.15) is 61.8 Å². The first-order valence-electron chi connectivity index (χ1n) is 6.87. The summed E-state index contributed by atoms with van der Waals surface area (Å²) < 4.78 is 5.46. The van der Waals surface area contributed by atoms with Gasteiger partial charge < -0.3 is 10.1 Å². The molecule has 0 rings (SSSR count). The molecule has 0 bridgehead atoms. The fraction of sp³-hybridized carbons (Fsp3) is 0.933. The lowest BCUT2D eigenvalue weighted by Gasteiger charge is -2.28. The van der Waals surface area contributed by atoms with Crippen LogP contribution in [0.4, 0.5) is 0 Å². The van der Waals surface area contributed by atoms with Gasteiger partial charge in [-0.3, -0.25) is 4.79 Å². The summed E-state index contributed by atoms with van der Waals surface area (Å²) in [6.07, 6.45) is 0.811. The molecule has 0 spiro atoms. The van der Waals surface area contributed by atoms with E-state index >= 15 is 0 Å². The fourth-order valence-corrected chi connectivity index (χ4v) is 1.54. The van der Waals surface area contributed by atoms with Crippen molar-refractivity contribution in [3.05, 3.63) is 0 Å². The Balaban J connectivity index is 4.53. The fourth-order valence-electron chi connectivity index (χ4n) is 1.54. The monoisotopic (exact) mass is 257 g/mol. The standard InChI is InChI=1S/C15H31NO2/c1-11(2)9-12(16-10-14(3,4)5)13(17)18-15(6,7)8/h11-12,16H,9-10H2,1-8H3/t12-/m0/s1. The highest BCUT2D eigenvalue weighted by atomic mass is 16.6. The van der Waals surface area contributed by atoms with Gasteiger partial charge in [-0.1, -0.05) is 34.6 Å². The van der Waals surface area contributed by atoms with E-state index in [-0.39, 0.29) is 17.4 Å². The highest BCUT2D eigenvalue weighted by Gasteiger charge is 2.26. The Kier molecular flexibility index (Phi) is 6.35. The highest BCUT2D eigenvalue weighted by molar-refractivity contribution is 5.76. The number of ether oxygens (including phenoxy) is 1. The van der Waals surface area contributed by atoms with Gasteiger partial charge in [-0.05, 0) is 38.5 Å². The first-order chi connectivity index (χ1) is 7.91. The lowest BCUT2D eigenvalue weighted by molar-refractivity contribution is -0.158. The van der Waals surface area contributed by atoms with E-state index in [0.29, 0.717) is 5.92 Å². The van der Waals surface area contributed by atoms with Crippen molar-refractivity contribution < 1.29 is 9.53 Å². The molecule has 1 N–H and O–H groups in total. The van der Waals surface area contributed by atoms with Crippen molar-refractivity contribution in [2.24, 2.45) is 11.3 Å². The van der Waals surface area contributed by atoms with Crippen molar-refractivity contribution >= 4 is 5.97 Å². The van der Waals surface area contributed by atoms with Gasteiger partial charge in [0.25, 0.3) is 0 Å². The molecule has 1 atom stereocenters. The second-order valence-corrected chi connectivity index (χ2v) is 7.66. The zero-order chi connectivity index (χ0) is 14.6. The Hall–Kier alpha value is -0.570. The maximum absolute atomic E-state index is 12.1. The third-order valence-electron chi connectivity index (χ3n) is 2.28. The Morgan fingerprint density at radius 2 is 1.61 bits per heavy atom. The number of carbonyl (C=O) groups excluding carboxylic acids is 1. The van der Waals surface area contributed by atoms with Crippen molar-refractivity contribution in [1.29, 1.82) is 0 Å². The highest BCUT2D eigenvalue weighted by Crippen LogP contribution is 2.15. The predicted octanol–water partition coefficient (Wildman–Crippen LogP) is 3.38. The average molecular weight is 257 g/mol. The number of nitrogens with one attached hydrogen (secondary N) is 1. The van der Waals surface area contributed by atoms with E-state index < -0.39 is 5.60 Å². The van der Waals surface area contributed by atoms with Crippen LogP contribution in [0.3, 0.4) is 0 Å². The lowest BCUT2D eigenvalue weighted by atomic mass is 9.95. The molecular weight excluding hydrogens is 226 g/mol. The van der Waals surface area contributed by atoms with E-state index in [4.69, 9.17) is 4.74 Å². The van der Waals surface area contributed by atoms with Gasteiger partial charge >= 0.3 is 5.97 Å². The topological polar surface area (TPSA) is 38.3 Å². The van der Waals surface area contributed by atoms with Gasteiger partial charge in [-0.2, -0.15) is 0 Å². The van der Waals surface area contributed by atoms with E-state index in [1.54, 1.807) is 0 Å². The van der Waals surface area contributed by atoms with Crippen molar-refractivity contribution in [2.75, 3.05) is 6.54 Å². The molecule has 0 amide bonds. The molecule has 0 heterocycles. The van der Waals surface area contributed by atoms with Crippen LogP contribution in [0.25, 0.3) is 0 Å². The van der Waals surface area contributed by atoms with Gasteiger partial charge in [-0.25, -0.2) is 0 Å². The molecule has 0 unspecified atom stereocenters. The van der Waals surface area contributed by atoms with Crippen LogP contribution in [-0.2, 0) is 9.53 Å². The normalized spacial score (nSPS) is 14.7. The number of esters is 1. The van der Waals surface area contributed by atoms with E-state index in [9.17, 15) is 4.79 Å². The molecule has 3 heteroatoms. The van der Waals surface area contributed by atoms with Crippen LogP contribution in [-0.4, -0.2) is 24.2 Å².